The molecule has 0 bridgehead atoms. The van der Waals surface area contributed by atoms with E-state index in [-0.39, 0.29) is 12.1 Å². The predicted octanol–water partition coefficient (Wildman–Crippen LogP) is 5.29. The van der Waals surface area contributed by atoms with Crippen molar-refractivity contribution < 1.29 is 14.1 Å². The van der Waals surface area contributed by atoms with Crippen molar-refractivity contribution in [1.82, 2.24) is 20.4 Å². The number of benzene rings is 2. The van der Waals surface area contributed by atoms with E-state index in [0.717, 1.165) is 34.6 Å². The Morgan fingerprint density at radius 3 is 2.66 bits per heavy atom. The summed E-state index contributed by atoms with van der Waals surface area (Å²) in [7, 11) is 1.62. The molecule has 166 valence electrons. The molecular weight excluding hydrogens is 404 g/mol. The fraction of sp³-hybridized carbons (Fsp3) is 0.320. The third-order valence-electron chi connectivity index (χ3n) is 5.64. The standard InChI is InChI=1S/C25H28N4O3/c1-16(2)13-14-29-17(3)21(22(26-25(29)30)18-9-6-5-7-10-18)24-27-23(28-32-24)19-11-8-12-20(15-19)31-4/h5-12,15-16,22H,13-14H2,1-4H3,(H,26,30). The second-order valence-corrected chi connectivity index (χ2v) is 8.28. The zero-order valence-corrected chi connectivity index (χ0v) is 18.8. The molecule has 3 aromatic rings. The van der Waals surface area contributed by atoms with Crippen molar-refractivity contribution in [3.63, 3.8) is 0 Å². The molecule has 2 amide bonds. The van der Waals surface area contributed by atoms with Crippen molar-refractivity contribution in [2.24, 2.45) is 5.92 Å². The van der Waals surface area contributed by atoms with Crippen LogP contribution in [0.4, 0.5) is 4.79 Å². The second-order valence-electron chi connectivity index (χ2n) is 8.28. The minimum absolute atomic E-state index is 0.117. The summed E-state index contributed by atoms with van der Waals surface area (Å²) in [5, 5.41) is 7.34. The fourth-order valence-corrected chi connectivity index (χ4v) is 3.82. The predicted molar refractivity (Wildman–Crippen MR) is 123 cm³/mol. The van der Waals surface area contributed by atoms with Crippen LogP contribution in [0.15, 0.2) is 64.8 Å². The summed E-state index contributed by atoms with van der Waals surface area (Å²) in [4.78, 5) is 19.4. The van der Waals surface area contributed by atoms with Crippen LogP contribution in [0.2, 0.25) is 0 Å². The molecule has 1 aromatic heterocycles. The van der Waals surface area contributed by atoms with Crippen LogP contribution in [0.1, 0.15) is 44.7 Å². The average molecular weight is 433 g/mol. The van der Waals surface area contributed by atoms with Gasteiger partial charge in [-0.2, -0.15) is 4.98 Å². The van der Waals surface area contributed by atoms with E-state index in [1.807, 2.05) is 61.5 Å². The lowest BCUT2D eigenvalue weighted by atomic mass is 9.94. The van der Waals surface area contributed by atoms with Crippen molar-refractivity contribution in [3.8, 4) is 17.1 Å². The van der Waals surface area contributed by atoms with Gasteiger partial charge in [-0.05, 0) is 37.0 Å². The van der Waals surface area contributed by atoms with Gasteiger partial charge in [0.2, 0.25) is 5.82 Å². The van der Waals surface area contributed by atoms with Crippen LogP contribution < -0.4 is 10.1 Å². The Labute approximate surface area is 188 Å². The third kappa shape index (κ3) is 4.37. The first-order chi connectivity index (χ1) is 15.5. The smallest absolute Gasteiger partial charge is 0.322 e. The van der Waals surface area contributed by atoms with E-state index in [1.54, 1.807) is 12.0 Å². The van der Waals surface area contributed by atoms with Gasteiger partial charge in [0.25, 0.3) is 5.89 Å². The van der Waals surface area contributed by atoms with E-state index < -0.39 is 0 Å². The van der Waals surface area contributed by atoms with Gasteiger partial charge in [0, 0.05) is 17.8 Å². The molecule has 0 radical (unpaired) electrons. The fourth-order valence-electron chi connectivity index (χ4n) is 3.82. The van der Waals surface area contributed by atoms with Crippen LogP contribution in [0.25, 0.3) is 17.0 Å². The van der Waals surface area contributed by atoms with Crippen molar-refractivity contribution in [2.75, 3.05) is 13.7 Å². The summed E-state index contributed by atoms with van der Waals surface area (Å²) in [5.74, 6) is 2.06. The molecule has 7 nitrogen and oxygen atoms in total. The van der Waals surface area contributed by atoms with E-state index in [0.29, 0.717) is 24.2 Å². The van der Waals surface area contributed by atoms with Crippen molar-refractivity contribution in [3.05, 3.63) is 71.7 Å². The van der Waals surface area contributed by atoms with Crippen molar-refractivity contribution in [2.45, 2.75) is 33.2 Å². The van der Waals surface area contributed by atoms with Crippen LogP contribution in [-0.4, -0.2) is 34.7 Å². The van der Waals surface area contributed by atoms with Gasteiger partial charge < -0.3 is 14.6 Å². The molecule has 0 saturated heterocycles. The van der Waals surface area contributed by atoms with Crippen LogP contribution in [0.5, 0.6) is 5.75 Å². The number of nitrogens with one attached hydrogen (secondary N) is 1. The van der Waals surface area contributed by atoms with E-state index >= 15 is 0 Å². The average Bonchev–Trinajstić information content (AvgIpc) is 3.28. The van der Waals surface area contributed by atoms with Gasteiger partial charge in [-0.25, -0.2) is 4.79 Å². The Bertz CT molecular complexity index is 1120. The lowest BCUT2D eigenvalue weighted by Crippen LogP contribution is -2.46. The lowest BCUT2D eigenvalue weighted by molar-refractivity contribution is 0.202. The number of carbonyl (C=O) groups is 1. The highest BCUT2D eigenvalue weighted by atomic mass is 16.5. The Balaban J connectivity index is 1.77. The molecule has 1 aliphatic rings. The second kappa shape index (κ2) is 9.26. The van der Waals surface area contributed by atoms with Gasteiger partial charge >= 0.3 is 6.03 Å². The Hall–Kier alpha value is -3.61. The zero-order chi connectivity index (χ0) is 22.7. The highest BCUT2D eigenvalue weighted by Gasteiger charge is 2.35. The SMILES string of the molecule is COc1cccc(-c2noc(C3=C(C)N(CCC(C)C)C(=O)NC3c3ccccc3)n2)c1. The van der Waals surface area contributed by atoms with Crippen molar-refractivity contribution >= 4 is 11.6 Å². The molecule has 1 aliphatic heterocycles. The van der Waals surface area contributed by atoms with Crippen LogP contribution in [0, 0.1) is 5.92 Å². The van der Waals surface area contributed by atoms with E-state index in [1.165, 1.54) is 0 Å². The quantitative estimate of drug-likeness (QED) is 0.549. The van der Waals surface area contributed by atoms with Crippen LogP contribution in [0.3, 0.4) is 0 Å². The molecule has 2 heterocycles. The zero-order valence-electron chi connectivity index (χ0n) is 18.8. The number of ether oxygens (including phenoxy) is 1. The molecule has 0 saturated carbocycles. The number of rotatable bonds is 7. The molecule has 1 N–H and O–H groups in total. The largest absolute Gasteiger partial charge is 0.497 e. The van der Waals surface area contributed by atoms with Crippen LogP contribution >= 0.6 is 0 Å². The first-order valence-electron chi connectivity index (χ1n) is 10.8. The Morgan fingerprint density at radius 2 is 1.94 bits per heavy atom. The summed E-state index contributed by atoms with van der Waals surface area (Å²) in [5.41, 5.74) is 3.38. The highest BCUT2D eigenvalue weighted by molar-refractivity contribution is 5.86. The number of hydrogen-bond donors (Lipinski definition) is 1. The maximum Gasteiger partial charge on any atom is 0.322 e. The normalized spacial score (nSPS) is 16.5. The molecule has 0 aliphatic carbocycles. The first kappa shape index (κ1) is 21.6. The topological polar surface area (TPSA) is 80.5 Å². The van der Waals surface area contributed by atoms with E-state index in [4.69, 9.17) is 14.2 Å². The monoisotopic (exact) mass is 432 g/mol. The summed E-state index contributed by atoms with van der Waals surface area (Å²) >= 11 is 0. The summed E-state index contributed by atoms with van der Waals surface area (Å²) < 4.78 is 11.0. The molecule has 2 aromatic carbocycles. The van der Waals surface area contributed by atoms with Gasteiger partial charge in [-0.3, -0.25) is 4.90 Å². The van der Waals surface area contributed by atoms with Gasteiger partial charge in [-0.15, -0.1) is 0 Å². The minimum atomic E-state index is -0.377. The number of carbonyl (C=O) groups excluding carboxylic acids is 1. The molecular formula is C25H28N4O3. The minimum Gasteiger partial charge on any atom is -0.497 e. The number of aromatic nitrogens is 2. The molecule has 1 atom stereocenters. The molecule has 7 heteroatoms. The third-order valence-corrected chi connectivity index (χ3v) is 5.64. The molecule has 4 rings (SSSR count). The van der Waals surface area contributed by atoms with Crippen LogP contribution in [-0.2, 0) is 0 Å². The number of allylic oxidation sites excluding steroid dienone is 1. The number of urea groups is 1. The molecule has 32 heavy (non-hydrogen) atoms. The van der Waals surface area contributed by atoms with Gasteiger partial charge in [0.15, 0.2) is 0 Å². The maximum absolute atomic E-state index is 13.0. The van der Waals surface area contributed by atoms with Gasteiger partial charge in [0.1, 0.15) is 5.75 Å². The summed E-state index contributed by atoms with van der Waals surface area (Å²) in [6.45, 7) is 6.86. The number of amides is 2. The van der Waals surface area contributed by atoms with E-state index in [9.17, 15) is 4.79 Å². The number of hydrogen-bond acceptors (Lipinski definition) is 5. The highest BCUT2D eigenvalue weighted by Crippen LogP contribution is 2.37. The van der Waals surface area contributed by atoms with Crippen molar-refractivity contribution in [1.29, 1.82) is 0 Å². The molecule has 1 unspecified atom stereocenters. The molecule has 0 spiro atoms. The summed E-state index contributed by atoms with van der Waals surface area (Å²) in [6, 6.07) is 16.9. The maximum atomic E-state index is 13.0. The molecule has 0 fully saturated rings. The number of nitrogens with zero attached hydrogens (tertiary/aromatic N) is 3. The van der Waals surface area contributed by atoms with E-state index in [2.05, 4.69) is 24.3 Å². The first-order valence-corrected chi connectivity index (χ1v) is 10.8. The number of methoxy groups -OCH3 is 1. The summed E-state index contributed by atoms with van der Waals surface area (Å²) in [6.07, 6.45) is 0.896. The lowest BCUT2D eigenvalue weighted by Gasteiger charge is -2.35. The Kier molecular flexibility index (Phi) is 6.25. The Morgan fingerprint density at radius 1 is 1.16 bits per heavy atom. The van der Waals surface area contributed by atoms with Gasteiger partial charge in [-0.1, -0.05) is 61.5 Å². The van der Waals surface area contributed by atoms with Gasteiger partial charge in [0.05, 0.1) is 18.7 Å².